The van der Waals surface area contributed by atoms with Crippen LogP contribution >= 0.6 is 34.7 Å². The lowest BCUT2D eigenvalue weighted by atomic mass is 9.69. The van der Waals surface area contributed by atoms with Crippen LogP contribution in [0.15, 0.2) is 51.1 Å². The van der Waals surface area contributed by atoms with Crippen LogP contribution in [-0.4, -0.2) is 12.0 Å². The standard InChI is InChI=1S/C25H26ClN3OS2/c1-13-6-7-15(9-18(13)26)29-19-10-25(3,4)11-20(30)22(19)21(17(12-27)23(29)28)16-8-14(2)32-24(16)31-5/h6-9,21H,10-11,28H2,1-5H3/t21-/m1/s1. The first-order chi connectivity index (χ1) is 15.1. The first-order valence-electron chi connectivity index (χ1n) is 10.4. The molecule has 0 unspecified atom stereocenters. The van der Waals surface area contributed by atoms with Crippen LogP contribution < -0.4 is 10.6 Å². The van der Waals surface area contributed by atoms with Gasteiger partial charge in [-0.1, -0.05) is 31.5 Å². The third-order valence-corrected chi connectivity index (χ3v) is 8.76. The van der Waals surface area contributed by atoms with E-state index in [1.165, 1.54) is 0 Å². The number of anilines is 1. The Kier molecular flexibility index (Phi) is 5.96. The van der Waals surface area contributed by atoms with Crippen molar-refractivity contribution in [1.29, 1.82) is 5.26 Å². The maximum absolute atomic E-state index is 13.6. The Labute approximate surface area is 202 Å². The van der Waals surface area contributed by atoms with Gasteiger partial charge in [0.15, 0.2) is 5.78 Å². The van der Waals surface area contributed by atoms with Gasteiger partial charge in [-0.15, -0.1) is 23.1 Å². The molecule has 7 heteroatoms. The van der Waals surface area contributed by atoms with Crippen LogP contribution in [0.25, 0.3) is 0 Å². The Hall–Kier alpha value is -2.20. The molecule has 0 radical (unpaired) electrons. The Balaban J connectivity index is 2.03. The van der Waals surface area contributed by atoms with E-state index in [0.29, 0.717) is 34.8 Å². The predicted octanol–water partition coefficient (Wildman–Crippen LogP) is 6.68. The van der Waals surface area contributed by atoms with Gasteiger partial charge in [-0.2, -0.15) is 5.26 Å². The van der Waals surface area contributed by atoms with E-state index in [9.17, 15) is 10.1 Å². The second kappa shape index (κ2) is 8.30. The number of allylic oxidation sites excluding steroid dienone is 3. The van der Waals surface area contributed by atoms with Gasteiger partial charge in [0.25, 0.3) is 0 Å². The van der Waals surface area contributed by atoms with Crippen molar-refractivity contribution in [3.63, 3.8) is 0 Å². The Bertz CT molecular complexity index is 1230. The van der Waals surface area contributed by atoms with Gasteiger partial charge in [0.1, 0.15) is 5.82 Å². The van der Waals surface area contributed by atoms with Crippen LogP contribution in [0, 0.1) is 30.6 Å². The molecule has 1 aliphatic heterocycles. The molecule has 0 spiro atoms. The van der Waals surface area contributed by atoms with Gasteiger partial charge in [-0.3, -0.25) is 9.69 Å². The number of hydrogen-bond donors (Lipinski definition) is 1. The number of thiophene rings is 1. The molecule has 0 saturated heterocycles. The van der Waals surface area contributed by atoms with Gasteiger partial charge in [0.05, 0.1) is 21.8 Å². The van der Waals surface area contributed by atoms with Crippen molar-refractivity contribution in [3.05, 3.63) is 68.0 Å². The lowest BCUT2D eigenvalue weighted by Crippen LogP contribution is -2.42. The van der Waals surface area contributed by atoms with Gasteiger partial charge in [0.2, 0.25) is 0 Å². The highest BCUT2D eigenvalue weighted by atomic mass is 35.5. The molecule has 166 valence electrons. The van der Waals surface area contributed by atoms with Crippen molar-refractivity contribution >= 4 is 46.2 Å². The van der Waals surface area contributed by atoms with Crippen molar-refractivity contribution < 1.29 is 4.79 Å². The topological polar surface area (TPSA) is 70.1 Å². The zero-order valence-corrected chi connectivity index (χ0v) is 21.3. The molecule has 2 aliphatic rings. The number of nitriles is 1. The Morgan fingerprint density at radius 2 is 2.00 bits per heavy atom. The third-order valence-electron chi connectivity index (χ3n) is 6.14. The molecule has 0 fully saturated rings. The number of halogens is 1. The van der Waals surface area contributed by atoms with Gasteiger partial charge in [-0.25, -0.2) is 0 Å². The number of nitrogens with two attached hydrogens (primary N) is 1. The number of ketones is 1. The van der Waals surface area contributed by atoms with Crippen LogP contribution in [0.3, 0.4) is 0 Å². The van der Waals surface area contributed by atoms with Crippen molar-refractivity contribution in [1.82, 2.24) is 0 Å². The molecule has 1 atom stereocenters. The van der Waals surface area contributed by atoms with Crippen molar-refractivity contribution in [2.75, 3.05) is 11.2 Å². The highest BCUT2D eigenvalue weighted by Crippen LogP contribution is 2.52. The average Bonchev–Trinajstić information content (AvgIpc) is 3.09. The second-order valence-electron chi connectivity index (χ2n) is 9.22. The molecule has 2 heterocycles. The summed E-state index contributed by atoms with van der Waals surface area (Å²) in [7, 11) is 0. The molecule has 0 amide bonds. The zero-order valence-electron chi connectivity index (χ0n) is 18.9. The lowest BCUT2D eigenvalue weighted by molar-refractivity contribution is -0.118. The normalized spacial score (nSPS) is 20.5. The molecular formula is C25H26ClN3OS2. The molecule has 2 aromatic rings. The van der Waals surface area contributed by atoms with Crippen molar-refractivity contribution in [2.24, 2.45) is 11.1 Å². The van der Waals surface area contributed by atoms with E-state index in [1.54, 1.807) is 23.1 Å². The fourth-order valence-electron chi connectivity index (χ4n) is 4.71. The van der Waals surface area contributed by atoms with E-state index < -0.39 is 5.92 Å². The molecule has 1 aromatic heterocycles. The number of aryl methyl sites for hydroxylation is 2. The van der Waals surface area contributed by atoms with Crippen LogP contribution in [0.4, 0.5) is 5.69 Å². The number of Topliss-reactive ketones (excluding diaryl/α,β-unsaturated/α-hetero) is 1. The number of hydrogen-bond acceptors (Lipinski definition) is 6. The van der Waals surface area contributed by atoms with Crippen LogP contribution in [-0.2, 0) is 4.79 Å². The van der Waals surface area contributed by atoms with Gasteiger partial charge in [-0.05, 0) is 61.3 Å². The SMILES string of the molecule is CSc1sc(C)cc1[C@@H]1C(C#N)=C(N)N(c2ccc(C)c(Cl)c2)C2=C1C(=O)CC(C)(C)C2. The van der Waals surface area contributed by atoms with Gasteiger partial charge >= 0.3 is 0 Å². The fourth-order valence-corrected chi connectivity index (χ4v) is 6.80. The number of carbonyl (C=O) groups excluding carboxylic acids is 1. The van der Waals surface area contributed by atoms with E-state index in [1.807, 2.05) is 36.3 Å². The van der Waals surface area contributed by atoms with E-state index in [2.05, 4.69) is 32.9 Å². The fraction of sp³-hybridized carbons (Fsp3) is 0.360. The molecule has 4 rings (SSSR count). The average molecular weight is 484 g/mol. The summed E-state index contributed by atoms with van der Waals surface area (Å²) < 4.78 is 1.12. The molecular weight excluding hydrogens is 458 g/mol. The van der Waals surface area contributed by atoms with Crippen LogP contribution in [0.2, 0.25) is 5.02 Å². The second-order valence-corrected chi connectivity index (χ2v) is 12.0. The number of rotatable bonds is 3. The molecule has 1 aromatic carbocycles. The highest BCUT2D eigenvalue weighted by Gasteiger charge is 2.45. The molecule has 0 saturated carbocycles. The minimum Gasteiger partial charge on any atom is -0.384 e. The summed E-state index contributed by atoms with van der Waals surface area (Å²) >= 11 is 9.78. The number of thioether (sulfide) groups is 1. The zero-order chi connectivity index (χ0) is 23.4. The molecule has 4 nitrogen and oxygen atoms in total. The Morgan fingerprint density at radius 3 is 2.62 bits per heavy atom. The van der Waals surface area contributed by atoms with Gasteiger partial charge in [0, 0.05) is 33.3 Å². The Morgan fingerprint density at radius 1 is 1.28 bits per heavy atom. The molecule has 32 heavy (non-hydrogen) atoms. The smallest absolute Gasteiger partial charge is 0.162 e. The monoisotopic (exact) mass is 483 g/mol. The highest BCUT2D eigenvalue weighted by molar-refractivity contribution is 8.00. The summed E-state index contributed by atoms with van der Waals surface area (Å²) in [6.45, 7) is 8.20. The van der Waals surface area contributed by atoms with Crippen LogP contribution in [0.5, 0.6) is 0 Å². The minimum absolute atomic E-state index is 0.0839. The van der Waals surface area contributed by atoms with E-state index in [0.717, 1.165) is 31.6 Å². The first kappa shape index (κ1) is 23.0. The largest absolute Gasteiger partial charge is 0.384 e. The number of benzene rings is 1. The van der Waals surface area contributed by atoms with Gasteiger partial charge < -0.3 is 5.73 Å². The maximum Gasteiger partial charge on any atom is 0.162 e. The summed E-state index contributed by atoms with van der Waals surface area (Å²) in [6.07, 6.45) is 3.16. The summed E-state index contributed by atoms with van der Waals surface area (Å²) in [4.78, 5) is 16.6. The quantitative estimate of drug-likeness (QED) is 0.493. The predicted molar refractivity (Wildman–Crippen MR) is 134 cm³/mol. The lowest BCUT2D eigenvalue weighted by Gasteiger charge is -2.43. The molecule has 2 N–H and O–H groups in total. The molecule has 0 bridgehead atoms. The molecule has 1 aliphatic carbocycles. The summed E-state index contributed by atoms with van der Waals surface area (Å²) in [5.41, 5.74) is 11.2. The van der Waals surface area contributed by atoms with E-state index >= 15 is 0 Å². The summed E-state index contributed by atoms with van der Waals surface area (Å²) in [5.74, 6) is 0.0151. The van der Waals surface area contributed by atoms with Crippen molar-refractivity contribution in [3.8, 4) is 6.07 Å². The summed E-state index contributed by atoms with van der Waals surface area (Å²) in [5, 5.41) is 10.9. The minimum atomic E-state index is -0.442. The van der Waals surface area contributed by atoms with E-state index in [-0.39, 0.29) is 11.2 Å². The maximum atomic E-state index is 13.6. The first-order valence-corrected chi connectivity index (χ1v) is 12.9. The summed E-state index contributed by atoms with van der Waals surface area (Å²) in [6, 6.07) is 10.2. The van der Waals surface area contributed by atoms with E-state index in [4.69, 9.17) is 17.3 Å². The van der Waals surface area contributed by atoms with Crippen molar-refractivity contribution in [2.45, 2.75) is 50.7 Å². The van der Waals surface area contributed by atoms with Crippen LogP contribution in [0.1, 0.15) is 48.6 Å². The number of nitrogens with zero attached hydrogens (tertiary/aromatic N) is 2. The third kappa shape index (κ3) is 3.77. The number of carbonyl (C=O) groups is 1.